The van der Waals surface area contributed by atoms with Crippen LogP contribution in [0.2, 0.25) is 0 Å². The van der Waals surface area contributed by atoms with Gasteiger partial charge in [-0.1, -0.05) is 22.9 Å². The van der Waals surface area contributed by atoms with Gasteiger partial charge in [-0.2, -0.15) is 0 Å². The van der Waals surface area contributed by atoms with Gasteiger partial charge in [0.1, 0.15) is 0 Å². The monoisotopic (exact) mass is 314 g/mol. The van der Waals surface area contributed by atoms with E-state index in [-0.39, 0.29) is 12.5 Å². The summed E-state index contributed by atoms with van der Waals surface area (Å²) in [5.74, 6) is -0.0563. The Morgan fingerprint density at radius 1 is 1.33 bits per heavy atom. The highest BCUT2D eigenvalue weighted by molar-refractivity contribution is 9.10. The van der Waals surface area contributed by atoms with E-state index in [0.717, 1.165) is 23.1 Å². The van der Waals surface area contributed by atoms with Crippen molar-refractivity contribution in [2.75, 3.05) is 31.6 Å². The molecule has 1 aromatic carbocycles. The summed E-state index contributed by atoms with van der Waals surface area (Å²) in [6, 6.07) is 7.46. The number of rotatable bonds is 7. The standard InChI is InChI=1S/C13H19BrN2O2/c1-2-7-16(8-9-17)10-13(18)15-12-5-3-11(14)4-6-12/h3-6,17H,2,7-10H2,1H3,(H,15,18). The molecule has 0 aliphatic carbocycles. The summed E-state index contributed by atoms with van der Waals surface area (Å²) in [4.78, 5) is 13.7. The first-order valence-electron chi connectivity index (χ1n) is 6.04. The molecule has 0 atom stereocenters. The molecule has 5 heteroatoms. The summed E-state index contributed by atoms with van der Waals surface area (Å²) in [5.41, 5.74) is 0.781. The Hall–Kier alpha value is -0.910. The number of nitrogens with zero attached hydrogens (tertiary/aromatic N) is 1. The number of hydrogen-bond acceptors (Lipinski definition) is 3. The van der Waals surface area contributed by atoms with Crippen molar-refractivity contribution in [3.63, 3.8) is 0 Å². The molecule has 18 heavy (non-hydrogen) atoms. The quantitative estimate of drug-likeness (QED) is 0.810. The number of aliphatic hydroxyl groups is 1. The molecule has 4 nitrogen and oxygen atoms in total. The predicted molar refractivity (Wildman–Crippen MR) is 76.6 cm³/mol. The second kappa shape index (κ2) is 8.24. The number of nitrogens with one attached hydrogen (secondary N) is 1. The van der Waals surface area contributed by atoms with Crippen LogP contribution in [0.25, 0.3) is 0 Å². The minimum absolute atomic E-state index is 0.0563. The molecular weight excluding hydrogens is 296 g/mol. The second-order valence-corrected chi connectivity index (χ2v) is 4.97. The van der Waals surface area contributed by atoms with Crippen molar-refractivity contribution in [2.24, 2.45) is 0 Å². The van der Waals surface area contributed by atoms with Gasteiger partial charge < -0.3 is 10.4 Å². The summed E-state index contributed by atoms with van der Waals surface area (Å²) < 4.78 is 0.980. The average molecular weight is 315 g/mol. The smallest absolute Gasteiger partial charge is 0.238 e. The lowest BCUT2D eigenvalue weighted by Crippen LogP contribution is -2.35. The summed E-state index contributed by atoms with van der Waals surface area (Å²) >= 11 is 3.34. The normalized spacial score (nSPS) is 10.7. The van der Waals surface area contributed by atoms with E-state index in [2.05, 4.69) is 28.2 Å². The molecule has 1 amide bonds. The minimum atomic E-state index is -0.0563. The first-order valence-corrected chi connectivity index (χ1v) is 6.83. The number of carbonyl (C=O) groups excluding carboxylic acids is 1. The predicted octanol–water partition coefficient (Wildman–Crippen LogP) is 2.09. The molecule has 0 fully saturated rings. The number of amides is 1. The van der Waals surface area contributed by atoms with Crippen molar-refractivity contribution in [3.05, 3.63) is 28.7 Å². The highest BCUT2D eigenvalue weighted by Gasteiger charge is 2.09. The molecule has 0 bridgehead atoms. The summed E-state index contributed by atoms with van der Waals surface area (Å²) in [6.07, 6.45) is 0.964. The number of benzene rings is 1. The third-order valence-electron chi connectivity index (χ3n) is 2.45. The number of carbonyl (C=O) groups is 1. The molecule has 0 saturated carbocycles. The number of hydrogen-bond donors (Lipinski definition) is 2. The van der Waals surface area contributed by atoms with Crippen LogP contribution in [0.3, 0.4) is 0 Å². The zero-order valence-corrected chi connectivity index (χ0v) is 12.1. The van der Waals surface area contributed by atoms with Crippen LogP contribution in [0.5, 0.6) is 0 Å². The topological polar surface area (TPSA) is 52.6 Å². The third-order valence-corrected chi connectivity index (χ3v) is 2.98. The summed E-state index contributed by atoms with van der Waals surface area (Å²) in [5, 5.41) is 11.8. The highest BCUT2D eigenvalue weighted by atomic mass is 79.9. The molecule has 0 heterocycles. The van der Waals surface area contributed by atoms with E-state index in [1.54, 1.807) is 0 Å². The number of halogens is 1. The van der Waals surface area contributed by atoms with Gasteiger partial charge in [0.15, 0.2) is 0 Å². The molecule has 1 aromatic rings. The van der Waals surface area contributed by atoms with Gasteiger partial charge >= 0.3 is 0 Å². The SMILES string of the molecule is CCCN(CCO)CC(=O)Nc1ccc(Br)cc1. The van der Waals surface area contributed by atoms with Crippen LogP contribution in [0.1, 0.15) is 13.3 Å². The summed E-state index contributed by atoms with van der Waals surface area (Å²) in [7, 11) is 0. The van der Waals surface area contributed by atoms with Crippen LogP contribution >= 0.6 is 15.9 Å². The van der Waals surface area contributed by atoms with Crippen LogP contribution < -0.4 is 5.32 Å². The van der Waals surface area contributed by atoms with Crippen molar-refractivity contribution in [1.82, 2.24) is 4.90 Å². The van der Waals surface area contributed by atoms with E-state index < -0.39 is 0 Å². The minimum Gasteiger partial charge on any atom is -0.395 e. The zero-order valence-electron chi connectivity index (χ0n) is 10.5. The van der Waals surface area contributed by atoms with E-state index in [0.29, 0.717) is 13.1 Å². The molecule has 2 N–H and O–H groups in total. The molecule has 1 rings (SSSR count). The fourth-order valence-electron chi connectivity index (χ4n) is 1.66. The maximum absolute atomic E-state index is 11.8. The molecule has 100 valence electrons. The maximum Gasteiger partial charge on any atom is 0.238 e. The molecule has 0 spiro atoms. The summed E-state index contributed by atoms with van der Waals surface area (Å²) in [6.45, 7) is 3.78. The second-order valence-electron chi connectivity index (χ2n) is 4.05. The van der Waals surface area contributed by atoms with E-state index in [9.17, 15) is 4.79 Å². The Morgan fingerprint density at radius 3 is 2.56 bits per heavy atom. The van der Waals surface area contributed by atoms with E-state index in [1.807, 2.05) is 29.2 Å². The van der Waals surface area contributed by atoms with Gasteiger partial charge in [-0.05, 0) is 37.2 Å². The molecule has 0 aliphatic heterocycles. The first kappa shape index (κ1) is 15.1. The van der Waals surface area contributed by atoms with Crippen LogP contribution in [0.15, 0.2) is 28.7 Å². The van der Waals surface area contributed by atoms with Crippen molar-refractivity contribution < 1.29 is 9.90 Å². The van der Waals surface area contributed by atoms with Crippen molar-refractivity contribution in [2.45, 2.75) is 13.3 Å². The Labute approximate surface area is 116 Å². The first-order chi connectivity index (χ1) is 8.65. The van der Waals surface area contributed by atoms with Crippen molar-refractivity contribution in [1.29, 1.82) is 0 Å². The van der Waals surface area contributed by atoms with Gasteiger partial charge in [-0.15, -0.1) is 0 Å². The molecule has 0 saturated heterocycles. The lowest BCUT2D eigenvalue weighted by molar-refractivity contribution is -0.117. The maximum atomic E-state index is 11.8. The fraction of sp³-hybridized carbons (Fsp3) is 0.462. The van der Waals surface area contributed by atoms with Crippen molar-refractivity contribution in [3.8, 4) is 0 Å². The molecule has 0 aliphatic rings. The van der Waals surface area contributed by atoms with Gasteiger partial charge in [0, 0.05) is 16.7 Å². The van der Waals surface area contributed by atoms with Crippen molar-refractivity contribution >= 4 is 27.5 Å². The van der Waals surface area contributed by atoms with Gasteiger partial charge in [0.25, 0.3) is 0 Å². The van der Waals surface area contributed by atoms with E-state index in [4.69, 9.17) is 5.11 Å². The lowest BCUT2D eigenvalue weighted by Gasteiger charge is -2.19. The van der Waals surface area contributed by atoms with E-state index in [1.165, 1.54) is 0 Å². The van der Waals surface area contributed by atoms with Crippen LogP contribution in [-0.4, -0.2) is 42.2 Å². The Kier molecular flexibility index (Phi) is 6.93. The number of anilines is 1. The Morgan fingerprint density at radius 2 is 2.00 bits per heavy atom. The fourth-order valence-corrected chi connectivity index (χ4v) is 1.93. The largest absolute Gasteiger partial charge is 0.395 e. The lowest BCUT2D eigenvalue weighted by atomic mass is 10.3. The van der Waals surface area contributed by atoms with Crippen LogP contribution in [0, 0.1) is 0 Å². The van der Waals surface area contributed by atoms with Crippen LogP contribution in [-0.2, 0) is 4.79 Å². The van der Waals surface area contributed by atoms with Crippen LogP contribution in [0.4, 0.5) is 5.69 Å². The Balaban J connectivity index is 2.46. The highest BCUT2D eigenvalue weighted by Crippen LogP contribution is 2.13. The third kappa shape index (κ3) is 5.62. The molecular formula is C13H19BrN2O2. The van der Waals surface area contributed by atoms with Gasteiger partial charge in [0.05, 0.1) is 13.2 Å². The van der Waals surface area contributed by atoms with Gasteiger partial charge in [-0.25, -0.2) is 0 Å². The van der Waals surface area contributed by atoms with Gasteiger partial charge in [0.2, 0.25) is 5.91 Å². The zero-order chi connectivity index (χ0) is 13.4. The molecule has 0 unspecified atom stereocenters. The van der Waals surface area contributed by atoms with Gasteiger partial charge in [-0.3, -0.25) is 9.69 Å². The van der Waals surface area contributed by atoms with E-state index >= 15 is 0 Å². The Bertz CT molecular complexity index is 362. The molecule has 0 radical (unpaired) electrons. The molecule has 0 aromatic heterocycles. The number of aliphatic hydroxyl groups excluding tert-OH is 1. The average Bonchev–Trinajstić information content (AvgIpc) is 2.33.